The summed E-state index contributed by atoms with van der Waals surface area (Å²) in [5.74, 6) is 0.00856. The van der Waals surface area contributed by atoms with Gasteiger partial charge in [-0.15, -0.1) is 11.3 Å². The summed E-state index contributed by atoms with van der Waals surface area (Å²) in [6.07, 6.45) is 7.49. The van der Waals surface area contributed by atoms with Gasteiger partial charge in [0.05, 0.1) is 12.5 Å². The Morgan fingerprint density at radius 2 is 2.25 bits per heavy atom. The molecule has 1 amide bonds. The molecule has 2 aromatic rings. The van der Waals surface area contributed by atoms with Crippen LogP contribution in [0.3, 0.4) is 0 Å². The van der Waals surface area contributed by atoms with Crippen molar-refractivity contribution < 1.29 is 4.79 Å². The Morgan fingerprint density at radius 3 is 2.88 bits per heavy atom. The lowest BCUT2D eigenvalue weighted by Gasteiger charge is -2.29. The summed E-state index contributed by atoms with van der Waals surface area (Å²) in [6.45, 7) is 4.54. The van der Waals surface area contributed by atoms with Gasteiger partial charge in [-0.25, -0.2) is 9.97 Å². The molecule has 6 nitrogen and oxygen atoms in total. The summed E-state index contributed by atoms with van der Waals surface area (Å²) in [7, 11) is 0. The molecule has 1 atom stereocenters. The van der Waals surface area contributed by atoms with Crippen molar-refractivity contribution in [3.05, 3.63) is 23.7 Å². The maximum absolute atomic E-state index is 12.3. The smallest absolute Gasteiger partial charge is 0.224 e. The molecule has 0 aliphatic heterocycles. The zero-order valence-corrected chi connectivity index (χ0v) is 15.6. The van der Waals surface area contributed by atoms with Crippen LogP contribution in [-0.4, -0.2) is 36.9 Å². The molecule has 0 aromatic carbocycles. The standard InChI is InChI=1S/C16H23N5OS2/c1-11(7-21-10-17-9-18-21)15(22)20-13-3-5-14(6-4-13)24-16-19-12(2)8-23-16/h8-11,13-14H,3-7H2,1-2H3,(H,20,22). The highest BCUT2D eigenvalue weighted by atomic mass is 32.2. The highest BCUT2D eigenvalue weighted by Gasteiger charge is 2.25. The highest BCUT2D eigenvalue weighted by Crippen LogP contribution is 2.35. The number of nitrogens with one attached hydrogen (secondary N) is 1. The summed E-state index contributed by atoms with van der Waals surface area (Å²) >= 11 is 3.62. The van der Waals surface area contributed by atoms with Crippen molar-refractivity contribution in [3.8, 4) is 0 Å². The van der Waals surface area contributed by atoms with Crippen molar-refractivity contribution >= 4 is 29.0 Å². The third-order valence-corrected chi connectivity index (χ3v) is 6.69. The maximum Gasteiger partial charge on any atom is 0.224 e. The fourth-order valence-corrected chi connectivity index (χ4v) is 5.17. The topological polar surface area (TPSA) is 72.7 Å². The molecule has 1 aliphatic carbocycles. The van der Waals surface area contributed by atoms with Crippen LogP contribution in [-0.2, 0) is 11.3 Å². The van der Waals surface area contributed by atoms with E-state index in [0.29, 0.717) is 17.8 Å². The van der Waals surface area contributed by atoms with E-state index in [0.717, 1.165) is 31.4 Å². The zero-order valence-electron chi connectivity index (χ0n) is 14.0. The predicted molar refractivity (Wildman–Crippen MR) is 96.1 cm³/mol. The van der Waals surface area contributed by atoms with E-state index in [2.05, 4.69) is 25.8 Å². The van der Waals surface area contributed by atoms with Gasteiger partial charge in [0.2, 0.25) is 5.91 Å². The van der Waals surface area contributed by atoms with Gasteiger partial charge in [-0.05, 0) is 32.6 Å². The summed E-state index contributed by atoms with van der Waals surface area (Å²) in [6, 6.07) is 0.297. The van der Waals surface area contributed by atoms with Gasteiger partial charge in [0.15, 0.2) is 0 Å². The SMILES string of the molecule is Cc1csc(SC2CCC(NC(=O)C(C)Cn3cncn3)CC2)n1. The van der Waals surface area contributed by atoms with E-state index in [1.807, 2.05) is 25.6 Å². The summed E-state index contributed by atoms with van der Waals surface area (Å²) in [5, 5.41) is 9.98. The lowest BCUT2D eigenvalue weighted by Crippen LogP contribution is -2.41. The van der Waals surface area contributed by atoms with E-state index in [1.165, 1.54) is 10.7 Å². The minimum atomic E-state index is -0.0999. The van der Waals surface area contributed by atoms with Crippen LogP contribution in [0.1, 0.15) is 38.3 Å². The van der Waals surface area contributed by atoms with Crippen LogP contribution < -0.4 is 5.32 Å². The Hall–Kier alpha value is -1.41. The number of amides is 1. The van der Waals surface area contributed by atoms with E-state index < -0.39 is 0 Å². The maximum atomic E-state index is 12.3. The van der Waals surface area contributed by atoms with Gasteiger partial charge >= 0.3 is 0 Å². The summed E-state index contributed by atoms with van der Waals surface area (Å²) < 4.78 is 2.87. The normalized spacial score (nSPS) is 22.2. The molecule has 1 saturated carbocycles. The van der Waals surface area contributed by atoms with Crippen molar-refractivity contribution in [3.63, 3.8) is 0 Å². The van der Waals surface area contributed by atoms with Gasteiger partial charge in [0, 0.05) is 22.4 Å². The van der Waals surface area contributed by atoms with Crippen LogP contribution in [0.2, 0.25) is 0 Å². The molecule has 0 saturated heterocycles. The Labute approximate surface area is 150 Å². The van der Waals surface area contributed by atoms with Gasteiger partial charge in [-0.3, -0.25) is 9.48 Å². The largest absolute Gasteiger partial charge is 0.353 e. The molecule has 1 unspecified atom stereocenters. The molecule has 2 heterocycles. The summed E-state index contributed by atoms with van der Waals surface area (Å²) in [5.41, 5.74) is 1.10. The van der Waals surface area contributed by atoms with Crippen molar-refractivity contribution in [2.75, 3.05) is 0 Å². The predicted octanol–water partition coefficient (Wildman–Crippen LogP) is 2.90. The first kappa shape index (κ1) is 17.4. The highest BCUT2D eigenvalue weighted by molar-refractivity contribution is 8.01. The van der Waals surface area contributed by atoms with E-state index in [1.54, 1.807) is 22.3 Å². The minimum absolute atomic E-state index is 0.0999. The molecule has 24 heavy (non-hydrogen) atoms. The van der Waals surface area contributed by atoms with Gasteiger partial charge in [0.25, 0.3) is 0 Å². The first-order valence-electron chi connectivity index (χ1n) is 8.31. The second kappa shape index (κ2) is 8.11. The van der Waals surface area contributed by atoms with Crippen molar-refractivity contribution in [1.29, 1.82) is 0 Å². The molecule has 0 radical (unpaired) electrons. The molecule has 0 bridgehead atoms. The Kier molecular flexibility index (Phi) is 5.89. The second-order valence-corrected chi connectivity index (χ2v) is 8.78. The quantitative estimate of drug-likeness (QED) is 0.852. The van der Waals surface area contributed by atoms with Crippen molar-refractivity contribution in [1.82, 2.24) is 25.1 Å². The number of thiazole rings is 1. The van der Waals surface area contributed by atoms with E-state index in [9.17, 15) is 4.79 Å². The van der Waals surface area contributed by atoms with Gasteiger partial charge < -0.3 is 5.32 Å². The average molecular weight is 366 g/mol. The number of rotatable bonds is 6. The van der Waals surface area contributed by atoms with Crippen molar-refractivity contribution in [2.45, 2.75) is 61.7 Å². The molecule has 8 heteroatoms. The van der Waals surface area contributed by atoms with Crippen LogP contribution in [0.15, 0.2) is 22.4 Å². The molecular formula is C16H23N5OS2. The molecule has 0 spiro atoms. The number of carbonyl (C=O) groups excluding carboxylic acids is 1. The average Bonchev–Trinajstić information content (AvgIpc) is 3.21. The Morgan fingerprint density at radius 1 is 1.46 bits per heavy atom. The van der Waals surface area contributed by atoms with Crippen LogP contribution in [0, 0.1) is 12.8 Å². The summed E-state index contributed by atoms with van der Waals surface area (Å²) in [4.78, 5) is 20.8. The second-order valence-electron chi connectivity index (χ2n) is 6.37. The third kappa shape index (κ3) is 4.80. The molecule has 130 valence electrons. The lowest BCUT2D eigenvalue weighted by atomic mass is 9.94. The number of hydrogen-bond donors (Lipinski definition) is 1. The number of hydrogen-bond acceptors (Lipinski definition) is 6. The zero-order chi connectivity index (χ0) is 16.9. The minimum Gasteiger partial charge on any atom is -0.353 e. The number of carbonyl (C=O) groups is 1. The fraction of sp³-hybridized carbons (Fsp3) is 0.625. The molecule has 3 rings (SSSR count). The first-order valence-corrected chi connectivity index (χ1v) is 10.1. The Bertz CT molecular complexity index is 649. The van der Waals surface area contributed by atoms with E-state index >= 15 is 0 Å². The van der Waals surface area contributed by atoms with E-state index in [4.69, 9.17) is 0 Å². The molecule has 1 fully saturated rings. The van der Waals surface area contributed by atoms with Crippen LogP contribution >= 0.6 is 23.1 Å². The first-order chi connectivity index (χ1) is 11.6. The molecule has 1 N–H and O–H groups in total. The van der Waals surface area contributed by atoms with Crippen LogP contribution in [0.4, 0.5) is 0 Å². The van der Waals surface area contributed by atoms with Gasteiger partial charge in [-0.1, -0.05) is 18.7 Å². The van der Waals surface area contributed by atoms with Crippen LogP contribution in [0.25, 0.3) is 0 Å². The molecule has 1 aliphatic rings. The number of aromatic nitrogens is 4. The van der Waals surface area contributed by atoms with E-state index in [-0.39, 0.29) is 11.8 Å². The van der Waals surface area contributed by atoms with Gasteiger partial charge in [0.1, 0.15) is 17.0 Å². The van der Waals surface area contributed by atoms with Crippen molar-refractivity contribution in [2.24, 2.45) is 5.92 Å². The number of thioether (sulfide) groups is 1. The fourth-order valence-electron chi connectivity index (χ4n) is 2.89. The third-order valence-electron chi connectivity index (χ3n) is 4.26. The lowest BCUT2D eigenvalue weighted by molar-refractivity contribution is -0.125. The Balaban J connectivity index is 1.40. The molecular weight excluding hydrogens is 342 g/mol. The van der Waals surface area contributed by atoms with Gasteiger partial charge in [-0.2, -0.15) is 5.10 Å². The number of nitrogens with zero attached hydrogens (tertiary/aromatic N) is 4. The monoisotopic (exact) mass is 365 g/mol. The molecule has 2 aromatic heterocycles. The number of aryl methyl sites for hydroxylation is 1. The van der Waals surface area contributed by atoms with Crippen LogP contribution in [0.5, 0.6) is 0 Å².